The fourth-order valence-electron chi connectivity index (χ4n) is 16.3. The Balaban J connectivity index is 0.00000547. The van der Waals surface area contributed by atoms with E-state index in [0.717, 1.165) is 91.4 Å². The summed E-state index contributed by atoms with van der Waals surface area (Å²) in [5.74, 6) is 5.55. The van der Waals surface area contributed by atoms with Crippen LogP contribution in [-0.2, 0) is 53.3 Å². The third-order valence-electron chi connectivity index (χ3n) is 19.1. The van der Waals surface area contributed by atoms with Gasteiger partial charge in [0.1, 0.15) is 11.5 Å². The first-order valence-corrected chi connectivity index (χ1v) is 27.3. The Kier molecular flexibility index (Phi) is 12.0. The van der Waals surface area contributed by atoms with Gasteiger partial charge in [-0.25, -0.2) is 4.98 Å². The molecule has 71 heavy (non-hydrogen) atoms. The molecule has 6 aromatic rings. The van der Waals surface area contributed by atoms with E-state index in [0.29, 0.717) is 11.5 Å². The second-order valence-corrected chi connectivity index (χ2v) is 27.3. The summed E-state index contributed by atoms with van der Waals surface area (Å²) >= 11 is 0. The zero-order valence-electron chi connectivity index (χ0n) is 44.2. The summed E-state index contributed by atoms with van der Waals surface area (Å²) in [7, 11) is 0. The van der Waals surface area contributed by atoms with Crippen LogP contribution < -0.4 is 0 Å². The third-order valence-corrected chi connectivity index (χ3v) is 19.1. The van der Waals surface area contributed by atoms with E-state index in [1.54, 1.807) is 0 Å². The number of nitrogens with zero attached hydrogens (tertiary/aromatic N) is 1. The van der Waals surface area contributed by atoms with Gasteiger partial charge >= 0.3 is 0 Å². The number of phenolic OH excluding ortho intramolecular Hbond substituents is 2. The zero-order valence-corrected chi connectivity index (χ0v) is 46.6. The molecular weight excluding hydrogens is 942 g/mol. The predicted molar refractivity (Wildman–Crippen MR) is 291 cm³/mol. The number of phenols is 2. The predicted octanol–water partition coefficient (Wildman–Crippen LogP) is 17.7. The molecule has 4 heteroatoms. The molecule has 0 amide bonds. The van der Waals surface area contributed by atoms with Crippen LogP contribution in [0.25, 0.3) is 55.9 Å². The van der Waals surface area contributed by atoms with E-state index in [1.165, 1.54) is 105 Å². The van der Waals surface area contributed by atoms with Crippen molar-refractivity contribution in [1.29, 1.82) is 0 Å². The van der Waals surface area contributed by atoms with Crippen molar-refractivity contribution in [2.24, 2.45) is 35.5 Å². The maximum atomic E-state index is 12.9. The average Bonchev–Trinajstić information content (AvgIpc) is 3.29. The van der Waals surface area contributed by atoms with Gasteiger partial charge in [-0.1, -0.05) is 147 Å². The summed E-state index contributed by atoms with van der Waals surface area (Å²) in [5, 5.41) is 25.9. The van der Waals surface area contributed by atoms with Crippen molar-refractivity contribution in [3.8, 4) is 67.4 Å². The van der Waals surface area contributed by atoms with Crippen LogP contribution in [-0.4, -0.2) is 15.2 Å². The monoisotopic (exact) mass is 1020 g/mol. The van der Waals surface area contributed by atoms with Gasteiger partial charge in [0.2, 0.25) is 0 Å². The number of benzene rings is 5. The van der Waals surface area contributed by atoms with E-state index in [2.05, 4.69) is 172 Å². The van der Waals surface area contributed by atoms with Crippen LogP contribution in [0, 0.1) is 35.5 Å². The number of hydrogen-bond acceptors (Lipinski definition) is 3. The molecule has 8 saturated carbocycles. The molecule has 0 radical (unpaired) electrons. The van der Waals surface area contributed by atoms with Gasteiger partial charge in [-0.3, -0.25) is 0 Å². The standard InChI is InChI=1S/C67H77NO2.Zr/c1-63(2,3)48-20-18-46(19-21-48)47-28-59(53-16-12-10-14-51(53)55-30-49(64(4,5)6)32-57(61(55)69)66-34-40-22-41(35-66)24-42(23-40)36-66)68-60(29-47)54-17-13-11-15-52(54)56-31-50(65(7,8)9)33-58(62(56)70)67-37-43-25-44(38-67)27-45(26-43)39-67;/h10-21,28-33,40-45,69-70H,22-27,34-39H2,1-9H3;. The molecule has 0 aliphatic heterocycles. The summed E-state index contributed by atoms with van der Waals surface area (Å²) < 4.78 is 0. The van der Waals surface area contributed by atoms with Crippen LogP contribution in [0.2, 0.25) is 0 Å². The summed E-state index contributed by atoms with van der Waals surface area (Å²) in [5.41, 5.74) is 16.0. The van der Waals surface area contributed by atoms with Crippen molar-refractivity contribution in [3.63, 3.8) is 0 Å². The molecule has 0 spiro atoms. The van der Waals surface area contributed by atoms with Crippen LogP contribution in [0.3, 0.4) is 0 Å². The first kappa shape index (κ1) is 49.0. The van der Waals surface area contributed by atoms with Gasteiger partial charge in [0.25, 0.3) is 0 Å². The molecule has 0 saturated heterocycles. The molecule has 366 valence electrons. The molecule has 2 N–H and O–H groups in total. The third kappa shape index (κ3) is 8.65. The van der Waals surface area contributed by atoms with Gasteiger partial charge in [0, 0.05) is 59.6 Å². The number of aromatic nitrogens is 1. The van der Waals surface area contributed by atoms with E-state index < -0.39 is 0 Å². The molecule has 5 aromatic carbocycles. The molecule has 1 aromatic heterocycles. The average molecular weight is 1020 g/mol. The van der Waals surface area contributed by atoms with Gasteiger partial charge in [-0.05, 0) is 203 Å². The quantitative estimate of drug-likeness (QED) is 0.168. The second-order valence-electron chi connectivity index (χ2n) is 27.3. The minimum atomic E-state index is -0.103. The van der Waals surface area contributed by atoms with Crippen molar-refractivity contribution in [2.75, 3.05) is 0 Å². The Morgan fingerprint density at radius 3 is 1.03 bits per heavy atom. The summed E-state index contributed by atoms with van der Waals surface area (Å²) in [4.78, 5) is 5.72. The van der Waals surface area contributed by atoms with Gasteiger partial charge < -0.3 is 10.2 Å². The molecule has 14 rings (SSSR count). The van der Waals surface area contributed by atoms with E-state index in [1.807, 2.05) is 0 Å². The molecule has 8 fully saturated rings. The van der Waals surface area contributed by atoms with Gasteiger partial charge in [-0.15, -0.1) is 0 Å². The Morgan fingerprint density at radius 1 is 0.380 bits per heavy atom. The van der Waals surface area contributed by atoms with Gasteiger partial charge in [-0.2, -0.15) is 0 Å². The number of pyridine rings is 1. The second kappa shape index (κ2) is 17.4. The van der Waals surface area contributed by atoms with Crippen molar-refractivity contribution >= 4 is 0 Å². The maximum Gasteiger partial charge on any atom is 0.127 e. The Labute approximate surface area is 444 Å². The summed E-state index contributed by atoms with van der Waals surface area (Å²) in [6.45, 7) is 20.7. The van der Waals surface area contributed by atoms with Crippen LogP contribution in [0.15, 0.2) is 109 Å². The van der Waals surface area contributed by atoms with Gasteiger partial charge in [0.15, 0.2) is 0 Å². The normalized spacial score (nSPS) is 27.5. The van der Waals surface area contributed by atoms with E-state index in [9.17, 15) is 10.2 Å². The molecule has 1 heterocycles. The van der Waals surface area contributed by atoms with E-state index >= 15 is 0 Å². The van der Waals surface area contributed by atoms with Crippen LogP contribution >= 0.6 is 0 Å². The van der Waals surface area contributed by atoms with Crippen molar-refractivity contribution in [3.05, 3.63) is 137 Å². The largest absolute Gasteiger partial charge is 0.507 e. The molecule has 0 atom stereocenters. The SMILES string of the molecule is CC(C)(C)c1ccc(-c2cc(-c3ccccc3-c3cc(C(C)(C)C)cc(C45CC6CC(CC(C6)C4)C5)c3O)nc(-c3ccccc3-c3cc(C(C)(C)C)cc(C45CC6CC(CC(C6)C4)C5)c3O)c2)cc1.[Zr]. The van der Waals surface area contributed by atoms with E-state index in [4.69, 9.17) is 4.98 Å². The topological polar surface area (TPSA) is 53.4 Å². The number of aromatic hydroxyl groups is 2. The van der Waals surface area contributed by atoms with Crippen molar-refractivity contribution in [1.82, 2.24) is 4.98 Å². The molecule has 8 aliphatic carbocycles. The Morgan fingerprint density at radius 2 is 0.704 bits per heavy atom. The minimum Gasteiger partial charge on any atom is -0.507 e. The molecule has 0 unspecified atom stereocenters. The van der Waals surface area contributed by atoms with Crippen LogP contribution in [0.1, 0.15) is 167 Å². The van der Waals surface area contributed by atoms with Crippen molar-refractivity contribution < 1.29 is 36.4 Å². The summed E-state index contributed by atoms with van der Waals surface area (Å²) in [6, 6.07) is 40.4. The smallest absolute Gasteiger partial charge is 0.127 e. The minimum absolute atomic E-state index is 0. The Bertz CT molecular complexity index is 2780. The fraction of sp³-hybridized carbons (Fsp3) is 0.478. The number of rotatable bonds is 7. The van der Waals surface area contributed by atoms with E-state index in [-0.39, 0.29) is 53.3 Å². The molecule has 3 nitrogen and oxygen atoms in total. The van der Waals surface area contributed by atoms with Crippen molar-refractivity contribution in [2.45, 2.75) is 166 Å². The van der Waals surface area contributed by atoms with Crippen LogP contribution in [0.5, 0.6) is 11.5 Å². The fourth-order valence-corrected chi connectivity index (χ4v) is 16.3. The maximum absolute atomic E-state index is 12.9. The number of hydrogen-bond donors (Lipinski definition) is 2. The molecule has 8 aliphatic rings. The molecule has 8 bridgehead atoms. The zero-order chi connectivity index (χ0) is 48.7. The first-order chi connectivity index (χ1) is 33.2. The Hall–Kier alpha value is -4.27. The van der Waals surface area contributed by atoms with Gasteiger partial charge in [0.05, 0.1) is 11.4 Å². The summed E-state index contributed by atoms with van der Waals surface area (Å²) in [6.07, 6.45) is 15.4. The first-order valence-electron chi connectivity index (χ1n) is 27.3. The van der Waals surface area contributed by atoms with Crippen LogP contribution in [0.4, 0.5) is 0 Å². The molecular formula is C67H77NO2Zr.